The van der Waals surface area contributed by atoms with E-state index >= 15 is 0 Å². The molecule has 29 heavy (non-hydrogen) atoms. The number of aromatic hydroxyl groups is 1. The zero-order valence-electron chi connectivity index (χ0n) is 17.0. The second kappa shape index (κ2) is 7.89. The molecular weight excluding hydrogens is 368 g/mol. The molecule has 2 fully saturated rings. The van der Waals surface area contributed by atoms with Crippen molar-refractivity contribution in [1.29, 1.82) is 0 Å². The smallest absolute Gasteiger partial charge is 0.271 e. The molecule has 0 spiro atoms. The Kier molecular flexibility index (Phi) is 5.30. The van der Waals surface area contributed by atoms with E-state index in [0.717, 1.165) is 12.1 Å². The van der Waals surface area contributed by atoms with Crippen molar-refractivity contribution in [2.75, 3.05) is 19.6 Å². The van der Waals surface area contributed by atoms with Crippen LogP contribution in [0, 0.1) is 11.8 Å². The third kappa shape index (κ3) is 4.28. The molecule has 1 saturated carbocycles. The average Bonchev–Trinajstić information content (AvgIpc) is 3.42. The molecule has 2 amide bonds. The Labute approximate surface area is 170 Å². The van der Waals surface area contributed by atoms with Crippen LogP contribution in [-0.2, 0) is 4.79 Å². The van der Waals surface area contributed by atoms with Gasteiger partial charge in [-0.25, -0.2) is 0 Å². The van der Waals surface area contributed by atoms with E-state index in [2.05, 4.69) is 24.0 Å². The molecule has 2 aromatic rings. The van der Waals surface area contributed by atoms with Crippen LogP contribution >= 0.6 is 0 Å². The molecule has 1 atom stereocenters. The summed E-state index contributed by atoms with van der Waals surface area (Å²) in [5.74, 6) is 1.11. The van der Waals surface area contributed by atoms with E-state index in [0.29, 0.717) is 36.8 Å². The highest BCUT2D eigenvalue weighted by Gasteiger charge is 2.37. The Morgan fingerprint density at radius 1 is 1.28 bits per heavy atom. The third-order valence-corrected chi connectivity index (χ3v) is 5.90. The number of hydrogen-bond acceptors (Lipinski definition) is 4. The van der Waals surface area contributed by atoms with Gasteiger partial charge in [0.25, 0.3) is 5.91 Å². The van der Waals surface area contributed by atoms with Crippen LogP contribution in [-0.4, -0.2) is 62.6 Å². The van der Waals surface area contributed by atoms with Crippen LogP contribution < -0.4 is 0 Å². The Bertz CT molecular complexity index is 886. The zero-order valence-corrected chi connectivity index (χ0v) is 17.0. The number of nitrogens with one attached hydrogen (secondary N) is 1. The molecule has 4 rings (SSSR count). The first kappa shape index (κ1) is 19.5. The zero-order chi connectivity index (χ0) is 20.5. The SMILES string of the molecule is CC(C)[C@@H]1CN(C(=O)c2cc(-c3ccc(O)cc3)n[nH]2)CCC(=O)N1CC1CC1. The van der Waals surface area contributed by atoms with E-state index < -0.39 is 0 Å². The fraction of sp³-hybridized carbons (Fsp3) is 0.500. The lowest BCUT2D eigenvalue weighted by Gasteiger charge is -2.34. The Balaban J connectivity index is 1.52. The van der Waals surface area contributed by atoms with Crippen LogP contribution in [0.1, 0.15) is 43.6 Å². The maximum absolute atomic E-state index is 13.2. The van der Waals surface area contributed by atoms with Crippen molar-refractivity contribution in [3.63, 3.8) is 0 Å². The van der Waals surface area contributed by atoms with Gasteiger partial charge in [0.1, 0.15) is 11.4 Å². The summed E-state index contributed by atoms with van der Waals surface area (Å²) < 4.78 is 0. The van der Waals surface area contributed by atoms with Crippen molar-refractivity contribution in [1.82, 2.24) is 20.0 Å². The largest absolute Gasteiger partial charge is 0.508 e. The Hall–Kier alpha value is -2.83. The van der Waals surface area contributed by atoms with Crippen molar-refractivity contribution in [2.45, 2.75) is 39.2 Å². The molecule has 154 valence electrons. The van der Waals surface area contributed by atoms with Crippen LogP contribution in [0.4, 0.5) is 0 Å². The van der Waals surface area contributed by atoms with Gasteiger partial charge in [0.05, 0.1) is 11.7 Å². The van der Waals surface area contributed by atoms with E-state index in [-0.39, 0.29) is 29.5 Å². The molecule has 1 aliphatic heterocycles. The normalized spacial score (nSPS) is 20.2. The lowest BCUT2D eigenvalue weighted by molar-refractivity contribution is -0.133. The molecule has 2 aliphatic rings. The summed E-state index contributed by atoms with van der Waals surface area (Å²) >= 11 is 0. The number of hydrogen-bond donors (Lipinski definition) is 2. The number of benzene rings is 1. The lowest BCUT2D eigenvalue weighted by Crippen LogP contribution is -2.48. The number of amides is 2. The van der Waals surface area contributed by atoms with E-state index in [9.17, 15) is 14.7 Å². The number of nitrogens with zero attached hydrogens (tertiary/aromatic N) is 3. The van der Waals surface area contributed by atoms with Crippen molar-refractivity contribution in [3.8, 4) is 17.0 Å². The Morgan fingerprint density at radius 3 is 2.66 bits per heavy atom. The van der Waals surface area contributed by atoms with Crippen LogP contribution in [0.5, 0.6) is 5.75 Å². The highest BCUT2D eigenvalue weighted by Crippen LogP contribution is 2.32. The summed E-state index contributed by atoms with van der Waals surface area (Å²) in [5.41, 5.74) is 1.88. The van der Waals surface area contributed by atoms with Gasteiger partial charge < -0.3 is 14.9 Å². The predicted octanol–water partition coefficient (Wildman–Crippen LogP) is 2.89. The van der Waals surface area contributed by atoms with E-state index in [1.54, 1.807) is 35.2 Å². The number of H-pyrrole nitrogens is 1. The lowest BCUT2D eigenvalue weighted by atomic mass is 10.0. The number of aromatic amines is 1. The van der Waals surface area contributed by atoms with Crippen molar-refractivity contribution >= 4 is 11.8 Å². The van der Waals surface area contributed by atoms with Crippen LogP contribution in [0.15, 0.2) is 30.3 Å². The molecule has 7 nitrogen and oxygen atoms in total. The number of rotatable bonds is 5. The second-order valence-electron chi connectivity index (χ2n) is 8.52. The summed E-state index contributed by atoms with van der Waals surface area (Å²) in [5, 5.41) is 16.5. The molecular formula is C22H28N4O3. The quantitative estimate of drug-likeness (QED) is 0.813. The summed E-state index contributed by atoms with van der Waals surface area (Å²) in [6.45, 7) is 6.02. The molecule has 1 saturated heterocycles. The van der Waals surface area contributed by atoms with Gasteiger partial charge >= 0.3 is 0 Å². The molecule has 0 bridgehead atoms. The van der Waals surface area contributed by atoms with Gasteiger partial charge in [-0.15, -0.1) is 0 Å². The number of phenolic OH excluding ortho intramolecular Hbond substituents is 1. The first-order valence-electron chi connectivity index (χ1n) is 10.4. The van der Waals surface area contributed by atoms with Gasteiger partial charge in [-0.2, -0.15) is 5.10 Å². The molecule has 2 heterocycles. The number of aromatic nitrogens is 2. The minimum atomic E-state index is -0.130. The summed E-state index contributed by atoms with van der Waals surface area (Å²) in [4.78, 5) is 29.7. The predicted molar refractivity (Wildman–Crippen MR) is 109 cm³/mol. The monoisotopic (exact) mass is 396 g/mol. The highest BCUT2D eigenvalue weighted by atomic mass is 16.3. The fourth-order valence-corrected chi connectivity index (χ4v) is 3.93. The first-order chi connectivity index (χ1) is 13.9. The maximum atomic E-state index is 13.2. The van der Waals surface area contributed by atoms with Crippen LogP contribution in [0.25, 0.3) is 11.3 Å². The van der Waals surface area contributed by atoms with Gasteiger partial charge in [-0.1, -0.05) is 13.8 Å². The minimum absolute atomic E-state index is 0.0361. The van der Waals surface area contributed by atoms with Gasteiger partial charge in [-0.3, -0.25) is 14.7 Å². The van der Waals surface area contributed by atoms with Crippen LogP contribution in [0.3, 0.4) is 0 Å². The molecule has 1 aromatic carbocycles. The molecule has 0 unspecified atom stereocenters. The highest BCUT2D eigenvalue weighted by molar-refractivity contribution is 5.94. The molecule has 1 aliphatic carbocycles. The Morgan fingerprint density at radius 2 is 2.00 bits per heavy atom. The molecule has 2 N–H and O–H groups in total. The maximum Gasteiger partial charge on any atom is 0.271 e. The van der Waals surface area contributed by atoms with Crippen molar-refractivity contribution in [2.24, 2.45) is 11.8 Å². The summed E-state index contributed by atoms with van der Waals surface area (Å²) in [6.07, 6.45) is 2.76. The van der Waals surface area contributed by atoms with E-state index in [1.165, 1.54) is 12.8 Å². The second-order valence-corrected chi connectivity index (χ2v) is 8.52. The minimum Gasteiger partial charge on any atom is -0.508 e. The standard InChI is InChI=1S/C22H28N4O3/c1-14(2)20-13-25(10-9-21(28)26(20)12-15-3-4-15)22(29)19-11-18(23-24-19)16-5-7-17(27)8-6-16/h5-8,11,14-15,20,27H,3-4,9-10,12-13H2,1-2H3,(H,23,24)/t20-/m0/s1. The molecule has 0 radical (unpaired) electrons. The molecule has 1 aromatic heterocycles. The number of carbonyl (C=O) groups excluding carboxylic acids is 2. The molecule has 7 heteroatoms. The van der Waals surface area contributed by atoms with Gasteiger partial charge in [0, 0.05) is 31.6 Å². The van der Waals surface area contributed by atoms with Gasteiger partial charge in [0.2, 0.25) is 5.91 Å². The van der Waals surface area contributed by atoms with Crippen LogP contribution in [0.2, 0.25) is 0 Å². The summed E-state index contributed by atoms with van der Waals surface area (Å²) in [7, 11) is 0. The topological polar surface area (TPSA) is 89.5 Å². The fourth-order valence-electron chi connectivity index (χ4n) is 3.93. The van der Waals surface area contributed by atoms with Gasteiger partial charge in [-0.05, 0) is 55.0 Å². The van der Waals surface area contributed by atoms with Crippen molar-refractivity contribution < 1.29 is 14.7 Å². The summed E-state index contributed by atoms with van der Waals surface area (Å²) in [6, 6.07) is 8.47. The van der Waals surface area contributed by atoms with E-state index in [4.69, 9.17) is 0 Å². The number of carbonyl (C=O) groups is 2. The average molecular weight is 396 g/mol. The third-order valence-electron chi connectivity index (χ3n) is 5.90. The van der Waals surface area contributed by atoms with Gasteiger partial charge in [0.15, 0.2) is 0 Å². The van der Waals surface area contributed by atoms with E-state index in [1.807, 2.05) is 4.90 Å². The number of phenols is 1. The van der Waals surface area contributed by atoms with Crippen molar-refractivity contribution in [3.05, 3.63) is 36.0 Å². The first-order valence-corrected chi connectivity index (χ1v) is 10.4.